The molecule has 5 aromatic rings. The molecule has 174 valence electrons. The van der Waals surface area contributed by atoms with Gasteiger partial charge in [-0.2, -0.15) is 0 Å². The number of nitrogens with zero attached hydrogens (tertiary/aromatic N) is 4. The fourth-order valence-corrected chi connectivity index (χ4v) is 4.93. The fourth-order valence-electron chi connectivity index (χ4n) is 3.83. The van der Waals surface area contributed by atoms with Gasteiger partial charge in [-0.3, -0.25) is 0 Å². The van der Waals surface area contributed by atoms with Crippen LogP contribution in [0.15, 0.2) is 84.0 Å². The van der Waals surface area contributed by atoms with Gasteiger partial charge in [0.1, 0.15) is 24.7 Å². The third kappa shape index (κ3) is 4.34. The Labute approximate surface area is 197 Å². The Hall–Kier alpha value is -3.85. The van der Waals surface area contributed by atoms with Crippen molar-refractivity contribution in [2.45, 2.75) is 18.6 Å². The van der Waals surface area contributed by atoms with Gasteiger partial charge in [0.15, 0.2) is 0 Å². The smallest absolute Gasteiger partial charge is 0.256 e. The molecule has 3 aromatic carbocycles. The zero-order valence-electron chi connectivity index (χ0n) is 18.7. The van der Waals surface area contributed by atoms with Crippen LogP contribution in [-0.4, -0.2) is 46.5 Å². The molecule has 5 rings (SSSR count). The fraction of sp³-hybridized carbons (Fsp3) is 0.200. The van der Waals surface area contributed by atoms with E-state index in [1.165, 1.54) is 0 Å². The lowest BCUT2D eigenvalue weighted by atomic mass is 10.2. The third-order valence-corrected chi connectivity index (χ3v) is 7.04. The summed E-state index contributed by atoms with van der Waals surface area (Å²) in [6.45, 7) is 2.89. The molecule has 9 heteroatoms. The monoisotopic (exact) mass is 476 g/mol. The average molecular weight is 477 g/mol. The lowest BCUT2D eigenvalue weighted by Gasteiger charge is -2.07. The molecule has 0 aliphatic rings. The second kappa shape index (κ2) is 9.18. The summed E-state index contributed by atoms with van der Waals surface area (Å²) < 4.78 is 41.3. The van der Waals surface area contributed by atoms with Crippen LogP contribution in [0.5, 0.6) is 11.5 Å². The van der Waals surface area contributed by atoms with Crippen LogP contribution >= 0.6 is 0 Å². The van der Waals surface area contributed by atoms with E-state index in [1.54, 1.807) is 4.40 Å². The Bertz CT molecular complexity index is 1520. The lowest BCUT2D eigenvalue weighted by molar-refractivity contribution is 0.301. The largest absolute Gasteiger partial charge is 0.493 e. The molecule has 0 N–H and O–H groups in total. The van der Waals surface area contributed by atoms with Crippen LogP contribution in [0.2, 0.25) is 0 Å². The molecule has 0 spiro atoms. The highest BCUT2D eigenvalue weighted by Crippen LogP contribution is 2.24. The van der Waals surface area contributed by atoms with Crippen molar-refractivity contribution < 1.29 is 17.9 Å². The zero-order valence-corrected chi connectivity index (χ0v) is 19.5. The highest BCUT2D eigenvalue weighted by molar-refractivity contribution is 7.91. The highest BCUT2D eigenvalue weighted by Gasteiger charge is 2.26. The molecule has 0 aliphatic carbocycles. The first-order chi connectivity index (χ1) is 16.5. The summed E-state index contributed by atoms with van der Waals surface area (Å²) in [5, 5.41) is 8.18. The molecule has 2 aromatic heterocycles. The Morgan fingerprint density at radius 1 is 0.765 bits per heavy atom. The molecular weight excluding hydrogens is 452 g/mol. The Morgan fingerprint density at radius 3 is 2.18 bits per heavy atom. The topological polar surface area (TPSA) is 87.7 Å². The molecule has 0 radical (unpaired) electrons. The van der Waals surface area contributed by atoms with Crippen LogP contribution in [0.4, 0.5) is 0 Å². The van der Waals surface area contributed by atoms with E-state index in [1.807, 2.05) is 90.4 Å². The van der Waals surface area contributed by atoms with E-state index in [2.05, 4.69) is 10.2 Å². The number of hydrogen-bond acceptors (Lipinski definition) is 6. The minimum Gasteiger partial charge on any atom is -0.493 e. The number of para-hydroxylation sites is 3. The van der Waals surface area contributed by atoms with Gasteiger partial charge in [0, 0.05) is 0 Å². The summed E-state index contributed by atoms with van der Waals surface area (Å²) in [4.78, 5) is 0. The number of aromatic nitrogens is 4. The number of rotatable bonds is 9. The van der Waals surface area contributed by atoms with Gasteiger partial charge in [-0.1, -0.05) is 48.0 Å². The first-order valence-corrected chi connectivity index (χ1v) is 12.6. The summed E-state index contributed by atoms with van der Waals surface area (Å²) >= 11 is 0. The van der Waals surface area contributed by atoms with Crippen molar-refractivity contribution in [3.05, 3.63) is 84.4 Å². The second-order valence-electron chi connectivity index (χ2n) is 7.90. The van der Waals surface area contributed by atoms with Crippen LogP contribution in [0.25, 0.3) is 16.8 Å². The van der Waals surface area contributed by atoms with Crippen molar-refractivity contribution in [1.82, 2.24) is 19.2 Å². The number of benzene rings is 3. The first kappa shape index (κ1) is 22.0. The highest BCUT2D eigenvalue weighted by atomic mass is 32.2. The number of aryl methyl sites for hydroxylation is 1. The predicted octanol–water partition coefficient (Wildman–Crippen LogP) is 3.92. The molecule has 0 fully saturated rings. The third-order valence-electron chi connectivity index (χ3n) is 5.52. The van der Waals surface area contributed by atoms with Gasteiger partial charge in [0.25, 0.3) is 5.16 Å². The summed E-state index contributed by atoms with van der Waals surface area (Å²) in [6.07, 6.45) is 0. The van der Waals surface area contributed by atoms with E-state index in [9.17, 15) is 8.42 Å². The van der Waals surface area contributed by atoms with E-state index in [4.69, 9.17) is 9.47 Å². The normalized spacial score (nSPS) is 11.8. The molecule has 0 bridgehead atoms. The summed E-state index contributed by atoms with van der Waals surface area (Å²) in [6, 6.07) is 24.6. The Balaban J connectivity index is 1.40. The summed E-state index contributed by atoms with van der Waals surface area (Å²) in [5.41, 5.74) is 2.69. The number of imidazole rings is 1. The standard InChI is InChI=1S/C25H24N4O4S/c1-19-11-13-21(14-12-19)33-17-18-34(30,31)25-27-26-24-28(15-16-32-20-7-3-2-4-8-20)22-9-5-6-10-23(22)29(24)25/h2-14H,15-18H2,1H3. The first-order valence-electron chi connectivity index (χ1n) is 11.0. The molecule has 0 aliphatic heterocycles. The maximum Gasteiger partial charge on any atom is 0.256 e. The van der Waals surface area contributed by atoms with Crippen molar-refractivity contribution in [2.75, 3.05) is 19.0 Å². The number of fused-ring (bicyclic) bond motifs is 3. The molecule has 0 saturated heterocycles. The van der Waals surface area contributed by atoms with Crippen molar-refractivity contribution >= 4 is 26.6 Å². The van der Waals surface area contributed by atoms with Gasteiger partial charge < -0.3 is 14.0 Å². The van der Waals surface area contributed by atoms with E-state index in [0.29, 0.717) is 24.7 Å². The predicted molar refractivity (Wildman–Crippen MR) is 129 cm³/mol. The molecule has 0 amide bonds. The Kier molecular flexibility index (Phi) is 5.93. The van der Waals surface area contributed by atoms with Crippen molar-refractivity contribution in [3.8, 4) is 11.5 Å². The van der Waals surface area contributed by atoms with Gasteiger partial charge in [-0.25, -0.2) is 12.8 Å². The average Bonchev–Trinajstić information content (AvgIpc) is 3.41. The van der Waals surface area contributed by atoms with E-state index >= 15 is 0 Å². The zero-order chi connectivity index (χ0) is 23.5. The molecule has 0 atom stereocenters. The van der Waals surface area contributed by atoms with Gasteiger partial charge in [0.2, 0.25) is 15.6 Å². The van der Waals surface area contributed by atoms with Crippen LogP contribution in [-0.2, 0) is 16.4 Å². The molecule has 0 saturated carbocycles. The molecule has 2 heterocycles. The number of sulfone groups is 1. The molecule has 0 unspecified atom stereocenters. The lowest BCUT2D eigenvalue weighted by Crippen LogP contribution is -2.16. The van der Waals surface area contributed by atoms with Crippen LogP contribution in [0, 0.1) is 6.92 Å². The van der Waals surface area contributed by atoms with E-state index in [-0.39, 0.29) is 17.5 Å². The van der Waals surface area contributed by atoms with Crippen molar-refractivity contribution in [1.29, 1.82) is 0 Å². The minimum absolute atomic E-state index is 0.0177. The van der Waals surface area contributed by atoms with Crippen LogP contribution < -0.4 is 9.47 Å². The van der Waals surface area contributed by atoms with Gasteiger partial charge in [-0.05, 0) is 43.3 Å². The second-order valence-corrected chi connectivity index (χ2v) is 9.90. The summed E-state index contributed by atoms with van der Waals surface area (Å²) in [7, 11) is -3.74. The minimum atomic E-state index is -3.74. The van der Waals surface area contributed by atoms with Gasteiger partial charge >= 0.3 is 0 Å². The maximum absolute atomic E-state index is 13.2. The maximum atomic E-state index is 13.2. The molecular formula is C25H24N4O4S. The van der Waals surface area contributed by atoms with Crippen molar-refractivity contribution in [2.24, 2.45) is 0 Å². The van der Waals surface area contributed by atoms with E-state index in [0.717, 1.165) is 22.3 Å². The SMILES string of the molecule is Cc1ccc(OCCS(=O)(=O)c2nnc3n(CCOc4ccccc4)c4ccccc4n23)cc1. The Morgan fingerprint density at radius 2 is 1.41 bits per heavy atom. The van der Waals surface area contributed by atoms with Gasteiger partial charge in [-0.15, -0.1) is 10.2 Å². The van der Waals surface area contributed by atoms with Gasteiger partial charge in [0.05, 0.1) is 23.3 Å². The molecule has 8 nitrogen and oxygen atoms in total. The quantitative estimate of drug-likeness (QED) is 0.320. The van der Waals surface area contributed by atoms with Crippen LogP contribution in [0.3, 0.4) is 0 Å². The molecule has 34 heavy (non-hydrogen) atoms. The number of hydrogen-bond donors (Lipinski definition) is 0. The van der Waals surface area contributed by atoms with Crippen molar-refractivity contribution in [3.63, 3.8) is 0 Å². The van der Waals surface area contributed by atoms with E-state index < -0.39 is 9.84 Å². The van der Waals surface area contributed by atoms with Crippen LogP contribution in [0.1, 0.15) is 5.56 Å². The number of ether oxygens (including phenoxy) is 2. The summed E-state index contributed by atoms with van der Waals surface area (Å²) in [5.74, 6) is 1.64.